The van der Waals surface area contributed by atoms with Gasteiger partial charge in [-0.3, -0.25) is 0 Å². The maximum absolute atomic E-state index is 9.86. The lowest BCUT2D eigenvalue weighted by atomic mass is 10.1. The predicted octanol–water partition coefficient (Wildman–Crippen LogP) is 0.849. The highest BCUT2D eigenvalue weighted by molar-refractivity contribution is 6.27. The van der Waals surface area contributed by atoms with Gasteiger partial charge in [0.15, 0.2) is 0 Å². The van der Waals surface area contributed by atoms with Crippen LogP contribution in [0, 0.1) is 6.92 Å². The van der Waals surface area contributed by atoms with Gasteiger partial charge in [-0.15, -0.1) is 0 Å². The number of aromatic hydroxyl groups is 1. The largest absolute Gasteiger partial charge is 0.507 e. The summed E-state index contributed by atoms with van der Waals surface area (Å²) in [6.45, 7) is 2.67. The van der Waals surface area contributed by atoms with E-state index in [0.29, 0.717) is 12.3 Å². The SMILES string of the molecule is Cc1c(CCN)c2c(O)cccc2n1C.O=C(O)C(=O)O. The van der Waals surface area contributed by atoms with Crippen LogP contribution >= 0.6 is 0 Å². The number of benzene rings is 1. The average molecular weight is 294 g/mol. The number of hydrogen-bond donors (Lipinski definition) is 4. The molecule has 2 aromatic rings. The molecule has 1 heterocycles. The lowest BCUT2D eigenvalue weighted by Crippen LogP contribution is -2.09. The number of aliphatic carboxylic acids is 2. The van der Waals surface area contributed by atoms with E-state index in [1.54, 1.807) is 6.07 Å². The van der Waals surface area contributed by atoms with Gasteiger partial charge in [0.1, 0.15) is 5.75 Å². The lowest BCUT2D eigenvalue weighted by molar-refractivity contribution is -0.159. The topological polar surface area (TPSA) is 126 Å². The molecule has 5 N–H and O–H groups in total. The van der Waals surface area contributed by atoms with Gasteiger partial charge in [-0.1, -0.05) is 6.07 Å². The fraction of sp³-hybridized carbons (Fsp3) is 0.286. The minimum absolute atomic E-state index is 0.347. The van der Waals surface area contributed by atoms with Crippen molar-refractivity contribution in [3.05, 3.63) is 29.5 Å². The van der Waals surface area contributed by atoms with Gasteiger partial charge >= 0.3 is 11.9 Å². The van der Waals surface area contributed by atoms with Crippen molar-refractivity contribution in [3.63, 3.8) is 0 Å². The van der Waals surface area contributed by atoms with E-state index in [9.17, 15) is 5.11 Å². The first-order valence-corrected chi connectivity index (χ1v) is 6.23. The first-order chi connectivity index (χ1) is 9.81. The lowest BCUT2D eigenvalue weighted by Gasteiger charge is -2.00. The molecule has 7 nitrogen and oxygen atoms in total. The number of hydrogen-bond acceptors (Lipinski definition) is 4. The Labute approximate surface area is 121 Å². The first-order valence-electron chi connectivity index (χ1n) is 6.23. The van der Waals surface area contributed by atoms with Crippen LogP contribution in [0.25, 0.3) is 10.9 Å². The highest BCUT2D eigenvalue weighted by Crippen LogP contribution is 2.32. The summed E-state index contributed by atoms with van der Waals surface area (Å²) in [5, 5.41) is 25.6. The second kappa shape index (κ2) is 6.76. The fourth-order valence-electron chi connectivity index (χ4n) is 2.13. The maximum atomic E-state index is 9.86. The number of phenolic OH excluding ortho intramolecular Hbond substituents is 1. The Morgan fingerprint density at radius 2 is 1.81 bits per heavy atom. The van der Waals surface area contributed by atoms with Gasteiger partial charge in [0, 0.05) is 18.1 Å². The molecule has 0 radical (unpaired) electrons. The first kappa shape index (κ1) is 16.5. The third kappa shape index (κ3) is 3.51. The molecular weight excluding hydrogens is 276 g/mol. The standard InChI is InChI=1S/C12H16N2O.C2H2O4/c1-8-9(6-7-13)12-10(14(8)2)4-3-5-11(12)15;3-1(4)2(5)6/h3-5,15H,6-7,13H2,1-2H3;(H,3,4)(H,5,6). The summed E-state index contributed by atoms with van der Waals surface area (Å²) in [7, 11) is 2.01. The molecule has 1 aromatic heterocycles. The number of fused-ring (bicyclic) bond motifs is 1. The molecule has 7 heteroatoms. The highest BCUT2D eigenvalue weighted by atomic mass is 16.4. The number of aryl methyl sites for hydroxylation is 1. The molecule has 0 aliphatic heterocycles. The quantitative estimate of drug-likeness (QED) is 0.608. The smallest absolute Gasteiger partial charge is 0.414 e. The number of rotatable bonds is 2. The van der Waals surface area contributed by atoms with Crippen molar-refractivity contribution < 1.29 is 24.9 Å². The molecule has 114 valence electrons. The highest BCUT2D eigenvalue weighted by Gasteiger charge is 2.13. The van der Waals surface area contributed by atoms with E-state index in [1.807, 2.05) is 19.2 Å². The Morgan fingerprint density at radius 3 is 2.29 bits per heavy atom. The molecular formula is C14H18N2O5. The Kier molecular flexibility index (Phi) is 5.31. The molecule has 0 amide bonds. The van der Waals surface area contributed by atoms with Crippen molar-refractivity contribution in [2.75, 3.05) is 6.54 Å². The minimum atomic E-state index is -1.82. The van der Waals surface area contributed by atoms with Crippen LogP contribution in [0.3, 0.4) is 0 Å². The van der Waals surface area contributed by atoms with Gasteiger partial charge in [-0.2, -0.15) is 0 Å². The summed E-state index contributed by atoms with van der Waals surface area (Å²) in [4.78, 5) is 18.2. The maximum Gasteiger partial charge on any atom is 0.414 e. The number of carbonyl (C=O) groups is 2. The van der Waals surface area contributed by atoms with E-state index in [-0.39, 0.29) is 0 Å². The molecule has 0 fully saturated rings. The second-order valence-corrected chi connectivity index (χ2v) is 4.44. The molecule has 0 saturated carbocycles. The van der Waals surface area contributed by atoms with Crippen LogP contribution in [0.2, 0.25) is 0 Å². The minimum Gasteiger partial charge on any atom is -0.507 e. The van der Waals surface area contributed by atoms with Crippen molar-refractivity contribution in [1.82, 2.24) is 4.57 Å². The van der Waals surface area contributed by atoms with E-state index < -0.39 is 11.9 Å². The zero-order valence-corrected chi connectivity index (χ0v) is 11.8. The van der Waals surface area contributed by atoms with Crippen LogP contribution in [0.5, 0.6) is 5.75 Å². The third-order valence-corrected chi connectivity index (χ3v) is 3.20. The predicted molar refractivity (Wildman–Crippen MR) is 77.4 cm³/mol. The van der Waals surface area contributed by atoms with Gasteiger partial charge in [0.05, 0.1) is 5.52 Å². The molecule has 0 aliphatic rings. The molecule has 0 spiro atoms. The molecule has 21 heavy (non-hydrogen) atoms. The summed E-state index contributed by atoms with van der Waals surface area (Å²) in [5.74, 6) is -3.30. The third-order valence-electron chi connectivity index (χ3n) is 3.20. The number of aromatic nitrogens is 1. The van der Waals surface area contributed by atoms with Gasteiger partial charge in [-0.25, -0.2) is 9.59 Å². The molecule has 0 saturated heterocycles. The van der Waals surface area contributed by atoms with E-state index in [0.717, 1.165) is 22.9 Å². The van der Waals surface area contributed by atoms with Crippen LogP contribution in [0.15, 0.2) is 18.2 Å². The van der Waals surface area contributed by atoms with Crippen LogP contribution in [-0.4, -0.2) is 38.4 Å². The molecule has 2 rings (SSSR count). The van der Waals surface area contributed by atoms with Crippen LogP contribution < -0.4 is 5.73 Å². The van der Waals surface area contributed by atoms with Gasteiger partial charge in [0.25, 0.3) is 0 Å². The monoisotopic (exact) mass is 294 g/mol. The molecule has 0 aliphatic carbocycles. The zero-order chi connectivity index (χ0) is 16.2. The second-order valence-electron chi connectivity index (χ2n) is 4.44. The normalized spacial score (nSPS) is 10.0. The Bertz CT molecular complexity index is 664. The Balaban J connectivity index is 0.000000315. The van der Waals surface area contributed by atoms with E-state index >= 15 is 0 Å². The van der Waals surface area contributed by atoms with E-state index in [4.69, 9.17) is 25.5 Å². The Hall–Kier alpha value is -2.54. The number of phenols is 1. The number of nitrogens with two attached hydrogens (primary N) is 1. The van der Waals surface area contributed by atoms with Crippen LogP contribution in [0.1, 0.15) is 11.3 Å². The average Bonchev–Trinajstić information content (AvgIpc) is 2.66. The number of carboxylic acids is 2. The molecule has 1 aromatic carbocycles. The summed E-state index contributed by atoms with van der Waals surface area (Å²) < 4.78 is 2.10. The van der Waals surface area contributed by atoms with E-state index in [2.05, 4.69) is 11.5 Å². The van der Waals surface area contributed by atoms with Gasteiger partial charge in [0.2, 0.25) is 0 Å². The Morgan fingerprint density at radius 1 is 1.24 bits per heavy atom. The number of carboxylic acid groups (broad SMARTS) is 2. The van der Waals surface area contributed by atoms with Crippen molar-refractivity contribution in [2.45, 2.75) is 13.3 Å². The summed E-state index contributed by atoms with van der Waals surface area (Å²) in [6.07, 6.45) is 0.806. The van der Waals surface area contributed by atoms with Crippen molar-refractivity contribution in [1.29, 1.82) is 0 Å². The van der Waals surface area contributed by atoms with Crippen molar-refractivity contribution in [2.24, 2.45) is 12.8 Å². The van der Waals surface area contributed by atoms with Crippen LogP contribution in [0.4, 0.5) is 0 Å². The van der Waals surface area contributed by atoms with E-state index in [1.165, 1.54) is 5.69 Å². The van der Waals surface area contributed by atoms with Gasteiger partial charge < -0.3 is 25.6 Å². The molecule has 0 atom stereocenters. The van der Waals surface area contributed by atoms with Crippen LogP contribution in [-0.2, 0) is 23.1 Å². The van der Waals surface area contributed by atoms with Crippen molar-refractivity contribution in [3.8, 4) is 5.75 Å². The van der Waals surface area contributed by atoms with Gasteiger partial charge in [-0.05, 0) is 37.6 Å². The summed E-state index contributed by atoms with van der Waals surface area (Å²) >= 11 is 0. The fourth-order valence-corrected chi connectivity index (χ4v) is 2.13. The summed E-state index contributed by atoms with van der Waals surface area (Å²) in [5.41, 5.74) is 8.99. The summed E-state index contributed by atoms with van der Waals surface area (Å²) in [6, 6.07) is 5.60. The number of nitrogens with zero attached hydrogens (tertiary/aromatic N) is 1. The molecule has 0 unspecified atom stereocenters. The zero-order valence-electron chi connectivity index (χ0n) is 11.8. The van der Waals surface area contributed by atoms with Crippen molar-refractivity contribution >= 4 is 22.8 Å². The molecule has 0 bridgehead atoms.